The summed E-state index contributed by atoms with van der Waals surface area (Å²) in [6.45, 7) is 4.02. The van der Waals surface area contributed by atoms with E-state index in [1.165, 1.54) is 0 Å². The van der Waals surface area contributed by atoms with Crippen molar-refractivity contribution in [3.63, 3.8) is 0 Å². The van der Waals surface area contributed by atoms with E-state index in [0.717, 1.165) is 23.3 Å². The Kier molecular flexibility index (Phi) is 8.38. The Balaban J connectivity index is 1.70. The molecule has 0 bridgehead atoms. The molecule has 1 aliphatic rings. The smallest absolute Gasteiger partial charge is 0.325 e. The van der Waals surface area contributed by atoms with Crippen molar-refractivity contribution in [2.45, 2.75) is 51.0 Å². The summed E-state index contributed by atoms with van der Waals surface area (Å²) in [5.41, 5.74) is 0.479. The minimum atomic E-state index is -1.14. The van der Waals surface area contributed by atoms with Crippen LogP contribution < -0.4 is 10.6 Å². The number of nitrogens with zero attached hydrogens (tertiary/aromatic N) is 1. The van der Waals surface area contributed by atoms with Gasteiger partial charge in [-0.1, -0.05) is 86.3 Å². The number of urea groups is 1. The van der Waals surface area contributed by atoms with Crippen LogP contribution in [-0.4, -0.2) is 35.8 Å². The second-order valence-corrected chi connectivity index (χ2v) is 9.14. The summed E-state index contributed by atoms with van der Waals surface area (Å²) in [6.07, 6.45) is 2.87. The van der Waals surface area contributed by atoms with Crippen LogP contribution in [0.25, 0.3) is 0 Å². The van der Waals surface area contributed by atoms with Gasteiger partial charge < -0.3 is 10.6 Å². The molecule has 3 rings (SSSR count). The van der Waals surface area contributed by atoms with Gasteiger partial charge in [-0.05, 0) is 36.1 Å². The van der Waals surface area contributed by atoms with Gasteiger partial charge in [0.1, 0.15) is 12.1 Å². The van der Waals surface area contributed by atoms with Crippen LogP contribution in [0.4, 0.5) is 4.79 Å². The molecule has 2 aromatic rings. The first-order valence-corrected chi connectivity index (χ1v) is 12.0. The molecule has 4 amide bonds. The summed E-state index contributed by atoms with van der Waals surface area (Å²) >= 11 is 12.4. The third kappa shape index (κ3) is 5.50. The van der Waals surface area contributed by atoms with Crippen LogP contribution in [0.1, 0.15) is 56.6 Å². The summed E-state index contributed by atoms with van der Waals surface area (Å²) in [5.74, 6) is -0.804. The lowest BCUT2D eigenvalue weighted by molar-refractivity contribution is -0.135. The van der Waals surface area contributed by atoms with Gasteiger partial charge in [-0.25, -0.2) is 4.79 Å². The molecule has 0 radical (unpaired) electrons. The zero-order valence-electron chi connectivity index (χ0n) is 18.9. The number of rotatable bonds is 10. The number of carbonyl (C=O) groups is 3. The number of hydrogen-bond donors (Lipinski definition) is 2. The fraction of sp³-hybridized carbons (Fsp3) is 0.400. The van der Waals surface area contributed by atoms with E-state index < -0.39 is 23.4 Å². The van der Waals surface area contributed by atoms with Crippen LogP contribution in [0.2, 0.25) is 10.0 Å². The standard InChI is InChI=1S/C25H29Cl2N3O3/c1-3-8-17(20-12-11-19(26)14-21(20)27)15-28-22(31)16-30-23(32)25(13-4-2,29-24(30)33)18-9-6-5-7-10-18/h5-7,9-12,14,17H,3-4,8,13,15-16H2,1-2H3,(H,28,31)(H,29,33)/t17-,25-/m0/s1. The molecule has 0 saturated carbocycles. The minimum absolute atomic E-state index is 0.00433. The average molecular weight is 490 g/mol. The lowest BCUT2D eigenvalue weighted by Gasteiger charge is -2.27. The maximum atomic E-state index is 13.3. The highest BCUT2D eigenvalue weighted by atomic mass is 35.5. The summed E-state index contributed by atoms with van der Waals surface area (Å²) < 4.78 is 0. The van der Waals surface area contributed by atoms with E-state index in [4.69, 9.17) is 23.2 Å². The molecule has 2 N–H and O–H groups in total. The third-order valence-electron chi connectivity index (χ3n) is 5.95. The maximum Gasteiger partial charge on any atom is 0.325 e. The van der Waals surface area contributed by atoms with Gasteiger partial charge in [-0.2, -0.15) is 0 Å². The predicted molar refractivity (Wildman–Crippen MR) is 130 cm³/mol. The summed E-state index contributed by atoms with van der Waals surface area (Å²) in [5, 5.41) is 6.82. The quantitative estimate of drug-likeness (QED) is 0.447. The van der Waals surface area contributed by atoms with E-state index in [2.05, 4.69) is 17.6 Å². The van der Waals surface area contributed by atoms with E-state index in [9.17, 15) is 14.4 Å². The van der Waals surface area contributed by atoms with Crippen LogP contribution in [0.3, 0.4) is 0 Å². The zero-order chi connectivity index (χ0) is 24.0. The Labute approximate surface area is 204 Å². The molecule has 0 aromatic heterocycles. The van der Waals surface area contributed by atoms with Crippen molar-refractivity contribution >= 4 is 41.0 Å². The van der Waals surface area contributed by atoms with Crippen LogP contribution in [0, 0.1) is 0 Å². The van der Waals surface area contributed by atoms with Gasteiger partial charge in [0, 0.05) is 22.5 Å². The molecule has 0 aliphatic carbocycles. The number of nitrogens with one attached hydrogen (secondary N) is 2. The fourth-order valence-electron chi connectivity index (χ4n) is 4.36. The lowest BCUT2D eigenvalue weighted by atomic mass is 9.85. The second-order valence-electron chi connectivity index (χ2n) is 8.30. The summed E-state index contributed by atoms with van der Waals surface area (Å²) in [7, 11) is 0. The minimum Gasteiger partial charge on any atom is -0.354 e. The summed E-state index contributed by atoms with van der Waals surface area (Å²) in [6, 6.07) is 13.9. The molecule has 1 aliphatic heterocycles. The number of carbonyl (C=O) groups excluding carboxylic acids is 3. The van der Waals surface area contributed by atoms with E-state index >= 15 is 0 Å². The third-order valence-corrected chi connectivity index (χ3v) is 6.52. The molecule has 6 nitrogen and oxygen atoms in total. The van der Waals surface area contributed by atoms with Crippen molar-refractivity contribution in [2.24, 2.45) is 0 Å². The monoisotopic (exact) mass is 489 g/mol. The van der Waals surface area contributed by atoms with E-state index in [-0.39, 0.29) is 12.5 Å². The fourth-order valence-corrected chi connectivity index (χ4v) is 4.92. The number of amides is 4. The van der Waals surface area contributed by atoms with Crippen LogP contribution in [-0.2, 0) is 15.1 Å². The average Bonchev–Trinajstić information content (AvgIpc) is 3.03. The Morgan fingerprint density at radius 1 is 1.09 bits per heavy atom. The first-order valence-electron chi connectivity index (χ1n) is 11.2. The van der Waals surface area contributed by atoms with E-state index in [0.29, 0.717) is 35.0 Å². The molecule has 8 heteroatoms. The molecule has 1 saturated heterocycles. The van der Waals surface area contributed by atoms with Crippen LogP contribution in [0.5, 0.6) is 0 Å². The molecule has 1 heterocycles. The number of imide groups is 1. The normalized spacial score (nSPS) is 18.8. The largest absolute Gasteiger partial charge is 0.354 e. The molecular weight excluding hydrogens is 461 g/mol. The molecule has 2 atom stereocenters. The number of halogens is 2. The lowest BCUT2D eigenvalue weighted by Crippen LogP contribution is -2.45. The molecule has 1 fully saturated rings. The van der Waals surface area contributed by atoms with Gasteiger partial charge in [-0.3, -0.25) is 14.5 Å². The van der Waals surface area contributed by atoms with Crippen LogP contribution >= 0.6 is 23.2 Å². The Morgan fingerprint density at radius 3 is 2.45 bits per heavy atom. The van der Waals surface area contributed by atoms with Crippen LogP contribution in [0.15, 0.2) is 48.5 Å². The highest BCUT2D eigenvalue weighted by Crippen LogP contribution is 2.34. The molecule has 176 valence electrons. The van der Waals surface area contributed by atoms with Crippen molar-refractivity contribution in [3.05, 3.63) is 69.7 Å². The zero-order valence-corrected chi connectivity index (χ0v) is 20.4. The van der Waals surface area contributed by atoms with Gasteiger partial charge in [0.05, 0.1) is 0 Å². The molecule has 0 unspecified atom stereocenters. The Bertz CT molecular complexity index is 1020. The molecule has 33 heavy (non-hydrogen) atoms. The second kappa shape index (κ2) is 11.0. The first kappa shape index (κ1) is 25.1. The van der Waals surface area contributed by atoms with Gasteiger partial charge in [0.15, 0.2) is 0 Å². The van der Waals surface area contributed by atoms with Gasteiger partial charge in [-0.15, -0.1) is 0 Å². The Morgan fingerprint density at radius 2 is 1.82 bits per heavy atom. The molecular formula is C25H29Cl2N3O3. The maximum absolute atomic E-state index is 13.3. The van der Waals surface area contributed by atoms with Crippen molar-refractivity contribution in [3.8, 4) is 0 Å². The first-order chi connectivity index (χ1) is 15.8. The van der Waals surface area contributed by atoms with Gasteiger partial charge in [0.25, 0.3) is 5.91 Å². The van der Waals surface area contributed by atoms with Crippen molar-refractivity contribution in [1.29, 1.82) is 0 Å². The van der Waals surface area contributed by atoms with Crippen molar-refractivity contribution < 1.29 is 14.4 Å². The van der Waals surface area contributed by atoms with Crippen molar-refractivity contribution in [2.75, 3.05) is 13.1 Å². The predicted octanol–water partition coefficient (Wildman–Crippen LogP) is 5.24. The number of hydrogen-bond acceptors (Lipinski definition) is 3. The Hall–Kier alpha value is -2.57. The highest BCUT2D eigenvalue weighted by molar-refractivity contribution is 6.35. The summed E-state index contributed by atoms with van der Waals surface area (Å²) in [4.78, 5) is 39.8. The SMILES string of the molecule is CCC[C@@H](CNC(=O)CN1C(=O)N[C@@](CCC)(c2ccccc2)C1=O)c1ccc(Cl)cc1Cl. The topological polar surface area (TPSA) is 78.5 Å². The molecule has 0 spiro atoms. The van der Waals surface area contributed by atoms with Crippen molar-refractivity contribution in [1.82, 2.24) is 15.5 Å². The van der Waals surface area contributed by atoms with Gasteiger partial charge >= 0.3 is 6.03 Å². The highest BCUT2D eigenvalue weighted by Gasteiger charge is 2.52. The number of benzene rings is 2. The molecule has 2 aromatic carbocycles. The van der Waals surface area contributed by atoms with E-state index in [1.807, 2.05) is 43.3 Å². The van der Waals surface area contributed by atoms with Gasteiger partial charge in [0.2, 0.25) is 5.91 Å². The van der Waals surface area contributed by atoms with E-state index in [1.54, 1.807) is 12.1 Å².